The third kappa shape index (κ3) is 2.25. The first-order valence-corrected chi connectivity index (χ1v) is 6.54. The van der Waals surface area contributed by atoms with Crippen molar-refractivity contribution >= 4 is 22.7 Å². The van der Waals surface area contributed by atoms with E-state index in [-0.39, 0.29) is 0 Å². The molecule has 0 atom stereocenters. The summed E-state index contributed by atoms with van der Waals surface area (Å²) in [5.41, 5.74) is 19.0. The molecule has 0 radical (unpaired) electrons. The van der Waals surface area contributed by atoms with Gasteiger partial charge in [0.25, 0.3) is 0 Å². The molecule has 2 aromatic rings. The van der Waals surface area contributed by atoms with Crippen molar-refractivity contribution in [1.82, 2.24) is 0 Å². The number of anilines is 4. The monoisotopic (exact) mass is 271 g/mol. The van der Waals surface area contributed by atoms with Gasteiger partial charge in [0.05, 0.1) is 11.4 Å². The zero-order valence-electron chi connectivity index (χ0n) is 12.3. The predicted molar refractivity (Wildman–Crippen MR) is 85.6 cm³/mol. The average Bonchev–Trinajstić information content (AvgIpc) is 2.42. The Kier molecular flexibility index (Phi) is 3.49. The van der Waals surface area contributed by atoms with Gasteiger partial charge in [-0.25, -0.2) is 0 Å². The summed E-state index contributed by atoms with van der Waals surface area (Å²) in [4.78, 5) is 0. The van der Waals surface area contributed by atoms with Crippen molar-refractivity contribution in [3.63, 3.8) is 0 Å². The van der Waals surface area contributed by atoms with E-state index in [4.69, 9.17) is 11.5 Å². The van der Waals surface area contributed by atoms with Gasteiger partial charge in [-0.15, -0.1) is 0 Å². The summed E-state index contributed by atoms with van der Waals surface area (Å²) < 4.78 is 0. The third-order valence-corrected chi connectivity index (χ3v) is 3.91. The van der Waals surface area contributed by atoms with Crippen LogP contribution in [0.1, 0.15) is 22.3 Å². The summed E-state index contributed by atoms with van der Waals surface area (Å²) >= 11 is 0. The van der Waals surface area contributed by atoms with Crippen LogP contribution in [0.2, 0.25) is 0 Å². The number of benzene rings is 2. The number of nitrogens with two attached hydrogens (primary N) is 2. The zero-order chi connectivity index (χ0) is 15.0. The van der Waals surface area contributed by atoms with Crippen molar-refractivity contribution in [1.29, 1.82) is 0 Å². The Balaban J connectivity index is 2.48. The van der Waals surface area contributed by atoms with E-state index in [2.05, 4.69) is 5.32 Å². The SMILES string of the molecule is Cc1cc(Nc2ccc(O)c(C)c2C)c(N)c(C)c1N. The number of nitrogens with one attached hydrogen (secondary N) is 1. The van der Waals surface area contributed by atoms with Crippen LogP contribution in [0.3, 0.4) is 0 Å². The highest BCUT2D eigenvalue weighted by Gasteiger charge is 2.11. The summed E-state index contributed by atoms with van der Waals surface area (Å²) in [7, 11) is 0. The van der Waals surface area contributed by atoms with Crippen molar-refractivity contribution < 1.29 is 5.11 Å². The molecule has 0 aliphatic carbocycles. The molecule has 0 fully saturated rings. The van der Waals surface area contributed by atoms with Crippen molar-refractivity contribution in [2.24, 2.45) is 0 Å². The van der Waals surface area contributed by atoms with Gasteiger partial charge in [-0.1, -0.05) is 0 Å². The lowest BCUT2D eigenvalue weighted by molar-refractivity contribution is 0.470. The minimum Gasteiger partial charge on any atom is -0.508 e. The van der Waals surface area contributed by atoms with Gasteiger partial charge in [-0.3, -0.25) is 0 Å². The molecular weight excluding hydrogens is 250 g/mol. The van der Waals surface area contributed by atoms with Gasteiger partial charge in [0.2, 0.25) is 0 Å². The number of phenols is 1. The lowest BCUT2D eigenvalue weighted by atomic mass is 10.0. The summed E-state index contributed by atoms with van der Waals surface area (Å²) in [6.45, 7) is 7.73. The Bertz CT molecular complexity index is 678. The minimum atomic E-state index is 0.297. The van der Waals surface area contributed by atoms with E-state index in [0.29, 0.717) is 11.4 Å². The summed E-state index contributed by atoms with van der Waals surface area (Å²) in [5, 5.41) is 13.0. The number of phenolic OH excluding ortho intramolecular Hbond substituents is 1. The number of hydrogen-bond donors (Lipinski definition) is 4. The molecule has 0 aromatic heterocycles. The fraction of sp³-hybridized carbons (Fsp3) is 0.250. The molecule has 0 unspecified atom stereocenters. The van der Waals surface area contributed by atoms with Crippen LogP contribution in [-0.2, 0) is 0 Å². The van der Waals surface area contributed by atoms with Crippen LogP contribution < -0.4 is 16.8 Å². The second-order valence-electron chi connectivity index (χ2n) is 5.20. The molecule has 2 rings (SSSR count). The lowest BCUT2D eigenvalue weighted by Gasteiger charge is -2.17. The quantitative estimate of drug-likeness (QED) is 0.497. The first-order chi connectivity index (χ1) is 9.32. The van der Waals surface area contributed by atoms with Gasteiger partial charge in [-0.2, -0.15) is 0 Å². The van der Waals surface area contributed by atoms with Crippen molar-refractivity contribution in [2.75, 3.05) is 16.8 Å². The first kappa shape index (κ1) is 14.1. The highest BCUT2D eigenvalue weighted by Crippen LogP contribution is 2.34. The molecule has 0 saturated carbocycles. The van der Waals surface area contributed by atoms with Gasteiger partial charge in [0.15, 0.2) is 0 Å². The second kappa shape index (κ2) is 4.96. The van der Waals surface area contributed by atoms with E-state index < -0.39 is 0 Å². The van der Waals surface area contributed by atoms with Crippen molar-refractivity contribution in [3.05, 3.63) is 40.5 Å². The third-order valence-electron chi connectivity index (χ3n) is 3.91. The topological polar surface area (TPSA) is 84.3 Å². The molecule has 0 heterocycles. The Hall–Kier alpha value is -2.36. The fourth-order valence-electron chi connectivity index (χ4n) is 2.21. The Morgan fingerprint density at radius 2 is 1.50 bits per heavy atom. The van der Waals surface area contributed by atoms with E-state index in [1.54, 1.807) is 6.07 Å². The van der Waals surface area contributed by atoms with Crippen LogP contribution in [-0.4, -0.2) is 5.11 Å². The van der Waals surface area contributed by atoms with E-state index in [0.717, 1.165) is 39.3 Å². The average molecular weight is 271 g/mol. The molecule has 0 bridgehead atoms. The highest BCUT2D eigenvalue weighted by atomic mass is 16.3. The van der Waals surface area contributed by atoms with E-state index in [1.807, 2.05) is 39.8 Å². The molecule has 20 heavy (non-hydrogen) atoms. The smallest absolute Gasteiger partial charge is 0.118 e. The van der Waals surface area contributed by atoms with Gasteiger partial charge < -0.3 is 21.9 Å². The molecule has 106 valence electrons. The maximum absolute atomic E-state index is 9.70. The number of rotatable bonds is 2. The summed E-state index contributed by atoms with van der Waals surface area (Å²) in [6.07, 6.45) is 0. The largest absolute Gasteiger partial charge is 0.508 e. The lowest BCUT2D eigenvalue weighted by Crippen LogP contribution is -2.04. The normalized spacial score (nSPS) is 10.6. The van der Waals surface area contributed by atoms with Gasteiger partial charge >= 0.3 is 0 Å². The standard InChI is InChI=1S/C16H21N3O/c1-8-7-13(16(18)11(4)15(8)17)19-12-5-6-14(20)10(3)9(12)2/h5-7,19-20H,17-18H2,1-4H3. The van der Waals surface area contributed by atoms with Gasteiger partial charge in [0, 0.05) is 11.4 Å². The highest BCUT2D eigenvalue weighted by molar-refractivity contribution is 5.82. The molecule has 0 aliphatic heterocycles. The van der Waals surface area contributed by atoms with E-state index in [1.165, 1.54) is 0 Å². The number of aromatic hydroxyl groups is 1. The van der Waals surface area contributed by atoms with E-state index in [9.17, 15) is 5.11 Å². The number of hydrogen-bond acceptors (Lipinski definition) is 4. The Morgan fingerprint density at radius 3 is 2.15 bits per heavy atom. The molecular formula is C16H21N3O. The summed E-state index contributed by atoms with van der Waals surface area (Å²) in [5.74, 6) is 0.297. The van der Waals surface area contributed by atoms with Crippen LogP contribution in [0.5, 0.6) is 5.75 Å². The minimum absolute atomic E-state index is 0.297. The van der Waals surface area contributed by atoms with Gasteiger partial charge in [0.1, 0.15) is 5.75 Å². The number of nitrogen functional groups attached to an aromatic ring is 2. The van der Waals surface area contributed by atoms with Crippen LogP contribution in [0.25, 0.3) is 0 Å². The summed E-state index contributed by atoms with van der Waals surface area (Å²) in [6, 6.07) is 5.47. The Labute approximate surface area is 119 Å². The molecule has 0 saturated heterocycles. The molecule has 0 spiro atoms. The van der Waals surface area contributed by atoms with Crippen molar-refractivity contribution in [3.8, 4) is 5.75 Å². The van der Waals surface area contributed by atoms with Crippen LogP contribution in [0.15, 0.2) is 18.2 Å². The predicted octanol–water partition coefficient (Wildman–Crippen LogP) is 3.53. The molecule has 0 aliphatic rings. The van der Waals surface area contributed by atoms with Crippen molar-refractivity contribution in [2.45, 2.75) is 27.7 Å². The maximum atomic E-state index is 9.70. The number of aryl methyl sites for hydroxylation is 1. The molecule has 4 heteroatoms. The van der Waals surface area contributed by atoms with Crippen LogP contribution in [0, 0.1) is 27.7 Å². The fourth-order valence-corrected chi connectivity index (χ4v) is 2.21. The Morgan fingerprint density at radius 1 is 0.850 bits per heavy atom. The van der Waals surface area contributed by atoms with Gasteiger partial charge in [-0.05, 0) is 68.1 Å². The first-order valence-electron chi connectivity index (χ1n) is 6.54. The molecule has 0 amide bonds. The second-order valence-corrected chi connectivity index (χ2v) is 5.20. The van der Waals surface area contributed by atoms with Crippen LogP contribution in [0.4, 0.5) is 22.7 Å². The molecule has 6 N–H and O–H groups in total. The molecule has 4 nitrogen and oxygen atoms in total. The maximum Gasteiger partial charge on any atom is 0.118 e. The zero-order valence-corrected chi connectivity index (χ0v) is 12.3. The van der Waals surface area contributed by atoms with E-state index >= 15 is 0 Å². The molecule has 2 aromatic carbocycles. The van der Waals surface area contributed by atoms with Crippen LogP contribution >= 0.6 is 0 Å².